The van der Waals surface area contributed by atoms with Gasteiger partial charge in [-0.1, -0.05) is 26.0 Å². The Morgan fingerprint density at radius 3 is 2.44 bits per heavy atom. The van der Waals surface area contributed by atoms with E-state index in [9.17, 15) is 10.1 Å². The van der Waals surface area contributed by atoms with Crippen molar-refractivity contribution in [3.63, 3.8) is 0 Å². The second-order valence-electron chi connectivity index (χ2n) is 3.95. The van der Waals surface area contributed by atoms with E-state index < -0.39 is 0 Å². The normalized spacial score (nSPS) is 10.7. The summed E-state index contributed by atoms with van der Waals surface area (Å²) in [6.07, 6.45) is 2.12. The summed E-state index contributed by atoms with van der Waals surface area (Å²) in [5.74, 6) is 1.15. The topological polar surface area (TPSA) is 43.1 Å². The number of rotatable bonds is 6. The highest BCUT2D eigenvalue weighted by atomic mass is 32.2. The van der Waals surface area contributed by atoms with E-state index >= 15 is 0 Å². The van der Waals surface area contributed by atoms with Gasteiger partial charge in [-0.2, -0.15) is 11.8 Å². The Hall–Kier alpha value is -1.03. The van der Waals surface area contributed by atoms with Gasteiger partial charge >= 0.3 is 0 Å². The highest BCUT2D eigenvalue weighted by molar-refractivity contribution is 7.99. The first-order valence-corrected chi connectivity index (χ1v) is 6.49. The lowest BCUT2D eigenvalue weighted by Crippen LogP contribution is -1.93. The molecule has 1 aromatic carbocycles. The standard InChI is InChI=1S/C12H17NO2S/c1-10(2)16-9-3-4-11-5-7-12(8-6-11)13(14)15/h5-8,10H,3-4,9H2,1-2H3. The van der Waals surface area contributed by atoms with Crippen LogP contribution >= 0.6 is 11.8 Å². The van der Waals surface area contributed by atoms with Crippen LogP contribution in [-0.2, 0) is 6.42 Å². The summed E-state index contributed by atoms with van der Waals surface area (Å²) < 4.78 is 0. The summed E-state index contributed by atoms with van der Waals surface area (Å²) in [6, 6.07) is 6.84. The van der Waals surface area contributed by atoms with Crippen LogP contribution in [0.4, 0.5) is 5.69 Å². The van der Waals surface area contributed by atoms with E-state index in [4.69, 9.17) is 0 Å². The van der Waals surface area contributed by atoms with Crippen molar-refractivity contribution < 1.29 is 4.92 Å². The molecule has 0 aromatic heterocycles. The lowest BCUT2D eigenvalue weighted by Gasteiger charge is -2.04. The fourth-order valence-corrected chi connectivity index (χ4v) is 2.16. The molecule has 0 aliphatic rings. The van der Waals surface area contributed by atoms with Crippen LogP contribution in [0.5, 0.6) is 0 Å². The zero-order valence-electron chi connectivity index (χ0n) is 9.68. The van der Waals surface area contributed by atoms with Crippen LogP contribution in [0.3, 0.4) is 0 Å². The monoisotopic (exact) mass is 239 g/mol. The molecule has 0 radical (unpaired) electrons. The summed E-state index contributed by atoms with van der Waals surface area (Å²) in [4.78, 5) is 10.1. The van der Waals surface area contributed by atoms with Gasteiger partial charge in [-0.15, -0.1) is 0 Å². The van der Waals surface area contributed by atoms with Crippen LogP contribution in [0.2, 0.25) is 0 Å². The minimum absolute atomic E-state index is 0.167. The molecule has 0 saturated heterocycles. The van der Waals surface area contributed by atoms with Crippen molar-refractivity contribution in [1.82, 2.24) is 0 Å². The predicted molar refractivity (Wildman–Crippen MR) is 69.0 cm³/mol. The molecular formula is C12H17NO2S. The summed E-state index contributed by atoms with van der Waals surface area (Å²) in [6.45, 7) is 4.38. The number of benzene rings is 1. The molecule has 0 N–H and O–H groups in total. The van der Waals surface area contributed by atoms with E-state index in [1.54, 1.807) is 12.1 Å². The maximum absolute atomic E-state index is 10.4. The molecule has 4 heteroatoms. The van der Waals surface area contributed by atoms with E-state index in [0.717, 1.165) is 18.6 Å². The number of nitro groups is 1. The van der Waals surface area contributed by atoms with Gasteiger partial charge in [0.1, 0.15) is 0 Å². The summed E-state index contributed by atoms with van der Waals surface area (Å²) in [5.41, 5.74) is 1.34. The highest BCUT2D eigenvalue weighted by Crippen LogP contribution is 2.15. The SMILES string of the molecule is CC(C)SCCCc1ccc([N+](=O)[O-])cc1. The fraction of sp³-hybridized carbons (Fsp3) is 0.500. The molecule has 0 aliphatic carbocycles. The van der Waals surface area contributed by atoms with E-state index in [-0.39, 0.29) is 10.6 Å². The highest BCUT2D eigenvalue weighted by Gasteiger charge is 2.03. The van der Waals surface area contributed by atoms with Gasteiger partial charge in [-0.05, 0) is 29.4 Å². The molecule has 0 aliphatic heterocycles. The Morgan fingerprint density at radius 1 is 1.31 bits per heavy atom. The van der Waals surface area contributed by atoms with Crippen LogP contribution in [-0.4, -0.2) is 15.9 Å². The third kappa shape index (κ3) is 4.66. The first-order chi connectivity index (χ1) is 7.59. The van der Waals surface area contributed by atoms with E-state index in [0.29, 0.717) is 5.25 Å². The molecule has 0 unspecified atom stereocenters. The molecule has 16 heavy (non-hydrogen) atoms. The number of thioether (sulfide) groups is 1. The largest absolute Gasteiger partial charge is 0.269 e. The van der Waals surface area contributed by atoms with Crippen molar-refractivity contribution in [2.45, 2.75) is 31.9 Å². The van der Waals surface area contributed by atoms with Crippen LogP contribution in [0, 0.1) is 10.1 Å². The van der Waals surface area contributed by atoms with Crippen molar-refractivity contribution in [3.8, 4) is 0 Å². The Bertz CT molecular complexity index is 335. The lowest BCUT2D eigenvalue weighted by atomic mass is 10.1. The van der Waals surface area contributed by atoms with Gasteiger partial charge in [-0.25, -0.2) is 0 Å². The second kappa shape index (κ2) is 6.53. The maximum atomic E-state index is 10.4. The molecule has 3 nitrogen and oxygen atoms in total. The zero-order valence-corrected chi connectivity index (χ0v) is 10.5. The third-order valence-corrected chi connectivity index (χ3v) is 3.40. The van der Waals surface area contributed by atoms with Gasteiger partial charge in [0.2, 0.25) is 0 Å². The van der Waals surface area contributed by atoms with Gasteiger partial charge in [-0.3, -0.25) is 10.1 Å². The lowest BCUT2D eigenvalue weighted by molar-refractivity contribution is -0.384. The van der Waals surface area contributed by atoms with Crippen molar-refractivity contribution in [2.75, 3.05) is 5.75 Å². The van der Waals surface area contributed by atoms with Gasteiger partial charge < -0.3 is 0 Å². The van der Waals surface area contributed by atoms with Crippen molar-refractivity contribution in [2.24, 2.45) is 0 Å². The van der Waals surface area contributed by atoms with Gasteiger partial charge in [0.25, 0.3) is 5.69 Å². The third-order valence-electron chi connectivity index (χ3n) is 2.21. The first-order valence-electron chi connectivity index (χ1n) is 5.44. The Morgan fingerprint density at radius 2 is 1.94 bits per heavy atom. The van der Waals surface area contributed by atoms with Gasteiger partial charge in [0, 0.05) is 12.1 Å². The predicted octanol–water partition coefficient (Wildman–Crippen LogP) is 3.67. The van der Waals surface area contributed by atoms with Gasteiger partial charge in [0.15, 0.2) is 0 Å². The minimum Gasteiger partial charge on any atom is -0.258 e. The molecule has 1 rings (SSSR count). The van der Waals surface area contributed by atoms with E-state index in [1.165, 1.54) is 5.56 Å². The van der Waals surface area contributed by atoms with Crippen molar-refractivity contribution in [3.05, 3.63) is 39.9 Å². The molecule has 0 saturated carbocycles. The summed E-state index contributed by atoms with van der Waals surface area (Å²) in [7, 11) is 0. The van der Waals surface area contributed by atoms with Crippen molar-refractivity contribution >= 4 is 17.4 Å². The minimum atomic E-state index is -0.363. The number of nitrogens with zero attached hydrogens (tertiary/aromatic N) is 1. The molecule has 0 fully saturated rings. The number of hydrogen-bond acceptors (Lipinski definition) is 3. The summed E-state index contributed by atoms with van der Waals surface area (Å²) >= 11 is 1.95. The second-order valence-corrected chi connectivity index (χ2v) is 5.63. The Balaban J connectivity index is 2.35. The van der Waals surface area contributed by atoms with Gasteiger partial charge in [0.05, 0.1) is 4.92 Å². The molecule has 0 spiro atoms. The van der Waals surface area contributed by atoms with Crippen molar-refractivity contribution in [1.29, 1.82) is 0 Å². The Kier molecular flexibility index (Phi) is 5.32. The van der Waals surface area contributed by atoms with E-state index in [1.807, 2.05) is 23.9 Å². The maximum Gasteiger partial charge on any atom is 0.269 e. The molecular weight excluding hydrogens is 222 g/mol. The Labute approximate surface area is 100 Å². The smallest absolute Gasteiger partial charge is 0.258 e. The molecule has 0 amide bonds. The number of non-ortho nitro benzene ring substituents is 1. The zero-order chi connectivity index (χ0) is 12.0. The first kappa shape index (κ1) is 13.0. The van der Waals surface area contributed by atoms with Crippen LogP contribution in [0.25, 0.3) is 0 Å². The van der Waals surface area contributed by atoms with E-state index in [2.05, 4.69) is 13.8 Å². The molecule has 1 aromatic rings. The quantitative estimate of drug-likeness (QED) is 0.432. The number of hydrogen-bond donors (Lipinski definition) is 0. The molecule has 0 bridgehead atoms. The van der Waals surface area contributed by atoms with Crippen LogP contribution in [0.1, 0.15) is 25.8 Å². The van der Waals surface area contributed by atoms with Crippen LogP contribution < -0.4 is 0 Å². The average molecular weight is 239 g/mol. The van der Waals surface area contributed by atoms with Crippen LogP contribution in [0.15, 0.2) is 24.3 Å². The average Bonchev–Trinajstić information content (AvgIpc) is 2.25. The number of aryl methyl sites for hydroxylation is 1. The molecule has 0 atom stereocenters. The molecule has 88 valence electrons. The molecule has 0 heterocycles. The number of nitro benzene ring substituents is 1. The fourth-order valence-electron chi connectivity index (χ4n) is 1.38. The summed E-state index contributed by atoms with van der Waals surface area (Å²) in [5, 5.41) is 11.1.